The summed E-state index contributed by atoms with van der Waals surface area (Å²) in [5, 5.41) is 0. The molecule has 4 heteroatoms. The Kier molecular flexibility index (Phi) is 3.07. The average Bonchev–Trinajstić information content (AvgIpc) is 2.97. The van der Waals surface area contributed by atoms with Crippen LogP contribution in [0.15, 0.2) is 12.7 Å². The Labute approximate surface area is 90.1 Å². The zero-order valence-electron chi connectivity index (χ0n) is 8.89. The molecule has 1 aliphatic heterocycles. The Hall–Kier alpha value is -0.870. The Balaban J connectivity index is 1.99. The van der Waals surface area contributed by atoms with Crippen molar-refractivity contribution in [3.05, 3.63) is 12.7 Å². The molecule has 2 rings (SSSR count). The van der Waals surface area contributed by atoms with Gasteiger partial charge in [-0.25, -0.2) is 0 Å². The monoisotopic (exact) mass is 210 g/mol. The molecule has 4 nitrogen and oxygen atoms in total. The van der Waals surface area contributed by atoms with E-state index in [1.807, 2.05) is 4.90 Å². The first-order valence-corrected chi connectivity index (χ1v) is 5.48. The van der Waals surface area contributed by atoms with Crippen molar-refractivity contribution in [2.75, 3.05) is 19.8 Å². The van der Waals surface area contributed by atoms with Gasteiger partial charge in [0.15, 0.2) is 0 Å². The van der Waals surface area contributed by atoms with E-state index in [1.165, 1.54) is 0 Å². The molecule has 1 amide bonds. The van der Waals surface area contributed by atoms with Crippen LogP contribution in [-0.2, 0) is 9.53 Å². The van der Waals surface area contributed by atoms with Crippen molar-refractivity contribution >= 4 is 5.91 Å². The molecular formula is C11H18N2O2. The average molecular weight is 210 g/mol. The van der Waals surface area contributed by atoms with Gasteiger partial charge in [-0.05, 0) is 12.8 Å². The molecule has 15 heavy (non-hydrogen) atoms. The van der Waals surface area contributed by atoms with Gasteiger partial charge in [-0.1, -0.05) is 6.08 Å². The third-order valence-corrected chi connectivity index (χ3v) is 3.04. The van der Waals surface area contributed by atoms with Gasteiger partial charge >= 0.3 is 0 Å². The number of carbonyl (C=O) groups is 1. The number of carbonyl (C=O) groups excluding carboxylic acids is 1. The number of nitrogens with zero attached hydrogens (tertiary/aromatic N) is 1. The van der Waals surface area contributed by atoms with Crippen LogP contribution in [0.25, 0.3) is 0 Å². The molecule has 2 atom stereocenters. The van der Waals surface area contributed by atoms with Gasteiger partial charge in [-0.2, -0.15) is 0 Å². The minimum Gasteiger partial charge on any atom is -0.379 e. The van der Waals surface area contributed by atoms with Gasteiger partial charge in [-0.15, -0.1) is 6.58 Å². The minimum atomic E-state index is -0.148. The normalized spacial score (nSPS) is 30.2. The maximum atomic E-state index is 12.1. The lowest BCUT2D eigenvalue weighted by Gasteiger charge is -2.25. The van der Waals surface area contributed by atoms with Gasteiger partial charge in [0, 0.05) is 18.6 Å². The zero-order chi connectivity index (χ0) is 10.8. The number of amides is 1. The minimum absolute atomic E-state index is 0.136. The fourth-order valence-corrected chi connectivity index (χ4v) is 1.98. The second-order valence-corrected chi connectivity index (χ2v) is 4.32. The summed E-state index contributed by atoms with van der Waals surface area (Å²) in [6.45, 7) is 5.29. The molecule has 2 aliphatic rings. The molecule has 84 valence electrons. The highest BCUT2D eigenvalue weighted by molar-refractivity contribution is 5.80. The van der Waals surface area contributed by atoms with Crippen molar-refractivity contribution in [3.8, 4) is 0 Å². The van der Waals surface area contributed by atoms with E-state index >= 15 is 0 Å². The van der Waals surface area contributed by atoms with Gasteiger partial charge in [0.05, 0.1) is 19.1 Å². The Morgan fingerprint density at radius 1 is 1.53 bits per heavy atom. The van der Waals surface area contributed by atoms with Crippen LogP contribution in [0.5, 0.6) is 0 Å². The van der Waals surface area contributed by atoms with Crippen LogP contribution in [0.2, 0.25) is 0 Å². The third kappa shape index (κ3) is 2.21. The van der Waals surface area contributed by atoms with Crippen molar-refractivity contribution in [3.63, 3.8) is 0 Å². The molecule has 0 aromatic heterocycles. The topological polar surface area (TPSA) is 55.6 Å². The predicted octanol–water partition coefficient (Wildman–Crippen LogP) is 0.137. The summed E-state index contributed by atoms with van der Waals surface area (Å²) >= 11 is 0. The van der Waals surface area contributed by atoms with Crippen molar-refractivity contribution in [1.29, 1.82) is 0 Å². The predicted molar refractivity (Wildman–Crippen MR) is 57.2 cm³/mol. The number of hydrogen-bond donors (Lipinski definition) is 1. The molecule has 2 fully saturated rings. The second kappa shape index (κ2) is 4.33. The highest BCUT2D eigenvalue weighted by atomic mass is 16.5. The molecule has 1 aliphatic carbocycles. The van der Waals surface area contributed by atoms with E-state index < -0.39 is 0 Å². The maximum absolute atomic E-state index is 12.1. The highest BCUT2D eigenvalue weighted by Crippen LogP contribution is 2.29. The molecule has 0 bridgehead atoms. The fourth-order valence-electron chi connectivity index (χ4n) is 1.98. The summed E-state index contributed by atoms with van der Waals surface area (Å²) < 4.78 is 5.22. The largest absolute Gasteiger partial charge is 0.379 e. The third-order valence-electron chi connectivity index (χ3n) is 3.04. The van der Waals surface area contributed by atoms with Crippen LogP contribution in [-0.4, -0.2) is 42.6 Å². The second-order valence-electron chi connectivity index (χ2n) is 4.32. The van der Waals surface area contributed by atoms with Gasteiger partial charge in [-0.3, -0.25) is 4.79 Å². The summed E-state index contributed by atoms with van der Waals surface area (Å²) in [4.78, 5) is 14.0. The summed E-state index contributed by atoms with van der Waals surface area (Å²) in [5.41, 5.74) is 5.84. The summed E-state index contributed by atoms with van der Waals surface area (Å²) in [7, 11) is 0. The Morgan fingerprint density at radius 3 is 2.73 bits per heavy atom. The summed E-state index contributed by atoms with van der Waals surface area (Å²) in [6, 6.07) is 0.284. The molecule has 2 N–H and O–H groups in total. The lowest BCUT2D eigenvalue weighted by molar-refractivity contribution is -0.135. The first-order valence-electron chi connectivity index (χ1n) is 5.48. The van der Waals surface area contributed by atoms with Crippen LogP contribution < -0.4 is 5.73 Å². The van der Waals surface area contributed by atoms with E-state index in [9.17, 15) is 4.79 Å². The van der Waals surface area contributed by atoms with Crippen LogP contribution in [0.3, 0.4) is 0 Å². The number of hydrogen-bond acceptors (Lipinski definition) is 3. The molecule has 0 spiro atoms. The quantitative estimate of drug-likeness (QED) is 0.671. The van der Waals surface area contributed by atoms with E-state index in [0.717, 1.165) is 12.8 Å². The summed E-state index contributed by atoms with van der Waals surface area (Å²) in [5.74, 6) is -0.00653. The maximum Gasteiger partial charge on any atom is 0.230 e. The first-order chi connectivity index (χ1) is 7.24. The molecule has 0 aromatic carbocycles. The lowest BCUT2D eigenvalue weighted by Crippen LogP contribution is -2.44. The smallest absolute Gasteiger partial charge is 0.230 e. The first kappa shape index (κ1) is 10.6. The van der Waals surface area contributed by atoms with E-state index in [1.54, 1.807) is 6.08 Å². The van der Waals surface area contributed by atoms with Crippen LogP contribution in [0.4, 0.5) is 0 Å². The van der Waals surface area contributed by atoms with Crippen LogP contribution >= 0.6 is 0 Å². The van der Waals surface area contributed by atoms with Gasteiger partial charge < -0.3 is 15.4 Å². The van der Waals surface area contributed by atoms with Crippen molar-refractivity contribution in [2.45, 2.75) is 24.9 Å². The van der Waals surface area contributed by atoms with Crippen molar-refractivity contribution in [2.24, 2.45) is 11.7 Å². The SMILES string of the molecule is C=CCN(C(=O)C1COCC1N)C1CC1. The van der Waals surface area contributed by atoms with Gasteiger partial charge in [0.1, 0.15) is 0 Å². The Bertz CT molecular complexity index is 263. The molecular weight excluding hydrogens is 192 g/mol. The van der Waals surface area contributed by atoms with E-state index in [2.05, 4.69) is 6.58 Å². The highest BCUT2D eigenvalue weighted by Gasteiger charge is 2.39. The molecule has 1 saturated carbocycles. The van der Waals surface area contributed by atoms with E-state index in [-0.39, 0.29) is 17.9 Å². The number of nitrogens with two attached hydrogens (primary N) is 1. The van der Waals surface area contributed by atoms with Gasteiger partial charge in [0.25, 0.3) is 0 Å². The van der Waals surface area contributed by atoms with E-state index in [4.69, 9.17) is 10.5 Å². The Morgan fingerprint density at radius 2 is 2.27 bits per heavy atom. The summed E-state index contributed by atoms with van der Waals surface area (Å²) in [6.07, 6.45) is 4.00. The van der Waals surface area contributed by atoms with Crippen molar-refractivity contribution in [1.82, 2.24) is 4.90 Å². The molecule has 0 radical (unpaired) electrons. The number of ether oxygens (including phenoxy) is 1. The molecule has 0 aromatic rings. The molecule has 1 heterocycles. The van der Waals surface area contributed by atoms with Crippen LogP contribution in [0, 0.1) is 5.92 Å². The standard InChI is InChI=1S/C11H18N2O2/c1-2-5-13(8-3-4-8)11(14)9-6-15-7-10(9)12/h2,8-10H,1,3-7,12H2. The molecule has 1 saturated heterocycles. The van der Waals surface area contributed by atoms with Gasteiger partial charge in [0.2, 0.25) is 5.91 Å². The van der Waals surface area contributed by atoms with Crippen molar-refractivity contribution < 1.29 is 9.53 Å². The van der Waals surface area contributed by atoms with Crippen LogP contribution in [0.1, 0.15) is 12.8 Å². The van der Waals surface area contributed by atoms with E-state index in [0.29, 0.717) is 25.8 Å². The lowest BCUT2D eigenvalue weighted by atomic mass is 10.0. The fraction of sp³-hybridized carbons (Fsp3) is 0.727. The zero-order valence-corrected chi connectivity index (χ0v) is 8.89. The number of rotatable bonds is 4. The molecule has 2 unspecified atom stereocenters.